The minimum Gasteiger partial charge on any atom is -0.394 e. The number of halogens is 1. The predicted octanol–water partition coefficient (Wildman–Crippen LogP) is 3.02. The minimum absolute atomic E-state index is 0.0813. The Balaban J connectivity index is 2.04. The molecule has 1 unspecified atom stereocenters. The van der Waals surface area contributed by atoms with Gasteiger partial charge in [0.1, 0.15) is 5.82 Å². The molecule has 3 N–H and O–H groups in total. The summed E-state index contributed by atoms with van der Waals surface area (Å²) in [6.45, 7) is 2.56. The molecule has 2 aromatic rings. The second kappa shape index (κ2) is 8.50. The van der Waals surface area contributed by atoms with E-state index in [0.717, 1.165) is 12.0 Å². The highest BCUT2D eigenvalue weighted by Crippen LogP contribution is 2.20. The van der Waals surface area contributed by atoms with Crippen molar-refractivity contribution in [3.63, 3.8) is 0 Å². The molecule has 0 fully saturated rings. The van der Waals surface area contributed by atoms with Crippen LogP contribution >= 0.6 is 11.6 Å². The van der Waals surface area contributed by atoms with Crippen LogP contribution in [-0.4, -0.2) is 29.1 Å². The van der Waals surface area contributed by atoms with Gasteiger partial charge >= 0.3 is 0 Å². The summed E-state index contributed by atoms with van der Waals surface area (Å²) in [5, 5.41) is 16.1. The lowest BCUT2D eigenvalue weighted by atomic mass is 10.1. The van der Waals surface area contributed by atoms with Crippen molar-refractivity contribution in [2.45, 2.75) is 19.4 Å². The van der Waals surface area contributed by atoms with Crippen molar-refractivity contribution >= 4 is 23.3 Å². The number of nitrogens with one attached hydrogen (secondary N) is 2. The zero-order valence-corrected chi connectivity index (χ0v) is 13.7. The molecule has 1 aromatic carbocycles. The van der Waals surface area contributed by atoms with E-state index in [-0.39, 0.29) is 18.6 Å². The highest BCUT2D eigenvalue weighted by Gasteiger charge is 2.11. The maximum absolute atomic E-state index is 11.8. The normalized spacial score (nSPS) is 11.8. The molecule has 2 rings (SSSR count). The van der Waals surface area contributed by atoms with Crippen molar-refractivity contribution in [3.05, 3.63) is 58.7 Å². The molecular formula is C17H20ClN3O2. The van der Waals surface area contributed by atoms with E-state index in [2.05, 4.69) is 15.6 Å². The molecule has 0 spiro atoms. The van der Waals surface area contributed by atoms with Crippen molar-refractivity contribution in [1.29, 1.82) is 0 Å². The number of pyridine rings is 1. The molecular weight excluding hydrogens is 314 g/mol. The summed E-state index contributed by atoms with van der Waals surface area (Å²) in [4.78, 5) is 16.1. The third-order valence-electron chi connectivity index (χ3n) is 3.34. The maximum Gasteiger partial charge on any atom is 0.252 e. The van der Waals surface area contributed by atoms with Gasteiger partial charge in [-0.05, 0) is 36.2 Å². The molecule has 0 aliphatic heterocycles. The van der Waals surface area contributed by atoms with Gasteiger partial charge < -0.3 is 15.7 Å². The van der Waals surface area contributed by atoms with Crippen LogP contribution in [-0.2, 0) is 0 Å². The number of nitrogens with zero attached hydrogens (tertiary/aromatic N) is 1. The van der Waals surface area contributed by atoms with Gasteiger partial charge in [0.25, 0.3) is 5.91 Å². The highest BCUT2D eigenvalue weighted by atomic mass is 35.5. The van der Waals surface area contributed by atoms with Crippen molar-refractivity contribution in [2.75, 3.05) is 18.5 Å². The van der Waals surface area contributed by atoms with Crippen molar-refractivity contribution in [2.24, 2.45) is 0 Å². The molecule has 0 radical (unpaired) electrons. The number of carbonyl (C=O) groups excluding carboxylic acids is 1. The van der Waals surface area contributed by atoms with E-state index in [1.165, 1.54) is 6.20 Å². The summed E-state index contributed by atoms with van der Waals surface area (Å²) in [5.74, 6) is 0.452. The molecule has 6 heteroatoms. The summed E-state index contributed by atoms with van der Waals surface area (Å²) >= 11 is 5.87. The fourth-order valence-corrected chi connectivity index (χ4v) is 2.19. The Kier molecular flexibility index (Phi) is 6.38. The number of aromatic nitrogens is 1. The quantitative estimate of drug-likeness (QED) is 0.728. The third-order valence-corrected chi connectivity index (χ3v) is 3.59. The smallest absolute Gasteiger partial charge is 0.252 e. The fraction of sp³-hybridized carbons (Fsp3) is 0.294. The number of anilines is 1. The van der Waals surface area contributed by atoms with E-state index in [4.69, 9.17) is 11.6 Å². The van der Waals surface area contributed by atoms with Crippen LogP contribution in [0.25, 0.3) is 0 Å². The lowest BCUT2D eigenvalue weighted by Gasteiger charge is -2.17. The van der Waals surface area contributed by atoms with Gasteiger partial charge in [-0.3, -0.25) is 4.79 Å². The Bertz CT molecular complexity index is 629. The zero-order valence-electron chi connectivity index (χ0n) is 12.9. The first-order valence-corrected chi connectivity index (χ1v) is 7.89. The summed E-state index contributed by atoms with van der Waals surface area (Å²) in [7, 11) is 0. The van der Waals surface area contributed by atoms with E-state index in [9.17, 15) is 9.90 Å². The number of aliphatic hydroxyl groups excluding tert-OH is 1. The lowest BCUT2D eigenvalue weighted by Crippen LogP contribution is -2.24. The number of carbonyl (C=O) groups is 1. The molecule has 23 heavy (non-hydrogen) atoms. The molecule has 1 aromatic heterocycles. The molecule has 0 aliphatic carbocycles. The number of benzene rings is 1. The van der Waals surface area contributed by atoms with Crippen LogP contribution in [0.3, 0.4) is 0 Å². The second-order valence-corrected chi connectivity index (χ2v) is 5.56. The minimum atomic E-state index is -0.292. The SMILES string of the molecule is CCCNC(=O)c1ccc(NC(CO)c2ccc(Cl)cc2)nc1. The number of hydrogen-bond donors (Lipinski definition) is 3. The van der Waals surface area contributed by atoms with Crippen LogP contribution in [0.15, 0.2) is 42.6 Å². The van der Waals surface area contributed by atoms with E-state index in [1.807, 2.05) is 19.1 Å². The van der Waals surface area contributed by atoms with Gasteiger partial charge in [0.15, 0.2) is 0 Å². The Hall–Kier alpha value is -2.11. The van der Waals surface area contributed by atoms with Crippen molar-refractivity contribution in [3.8, 4) is 0 Å². The maximum atomic E-state index is 11.8. The molecule has 1 heterocycles. The van der Waals surface area contributed by atoms with E-state index >= 15 is 0 Å². The van der Waals surface area contributed by atoms with Gasteiger partial charge in [0.05, 0.1) is 18.2 Å². The monoisotopic (exact) mass is 333 g/mol. The average Bonchev–Trinajstić information content (AvgIpc) is 2.59. The first-order chi connectivity index (χ1) is 11.1. The summed E-state index contributed by atoms with van der Waals surface area (Å²) in [6.07, 6.45) is 2.40. The highest BCUT2D eigenvalue weighted by molar-refractivity contribution is 6.30. The van der Waals surface area contributed by atoms with Crippen LogP contribution in [0, 0.1) is 0 Å². The Labute approximate surface area is 140 Å². The zero-order chi connectivity index (χ0) is 16.7. The number of hydrogen-bond acceptors (Lipinski definition) is 4. The molecule has 1 atom stereocenters. The molecule has 122 valence electrons. The van der Waals surface area contributed by atoms with Crippen molar-refractivity contribution in [1.82, 2.24) is 10.3 Å². The largest absolute Gasteiger partial charge is 0.394 e. The summed E-state index contributed by atoms with van der Waals surface area (Å²) < 4.78 is 0. The molecule has 0 saturated heterocycles. The standard InChI is InChI=1S/C17H20ClN3O2/c1-2-9-19-17(23)13-5-8-16(20-10-13)21-15(11-22)12-3-6-14(18)7-4-12/h3-8,10,15,22H,2,9,11H2,1H3,(H,19,23)(H,20,21). The van der Waals surface area contributed by atoms with Crippen LogP contribution in [0.4, 0.5) is 5.82 Å². The van der Waals surface area contributed by atoms with Crippen LogP contribution in [0.1, 0.15) is 35.3 Å². The van der Waals surface area contributed by atoms with E-state index in [1.54, 1.807) is 24.3 Å². The Morgan fingerprint density at radius 1 is 1.26 bits per heavy atom. The van der Waals surface area contributed by atoms with Gasteiger partial charge in [-0.1, -0.05) is 30.7 Å². The molecule has 0 saturated carbocycles. The van der Waals surface area contributed by atoms with Gasteiger partial charge in [0, 0.05) is 17.8 Å². The van der Waals surface area contributed by atoms with E-state index in [0.29, 0.717) is 22.9 Å². The number of aliphatic hydroxyl groups is 1. The van der Waals surface area contributed by atoms with Gasteiger partial charge in [-0.25, -0.2) is 4.98 Å². The van der Waals surface area contributed by atoms with Crippen LogP contribution in [0.2, 0.25) is 5.02 Å². The van der Waals surface area contributed by atoms with Gasteiger partial charge in [0.2, 0.25) is 0 Å². The van der Waals surface area contributed by atoms with Crippen molar-refractivity contribution < 1.29 is 9.90 Å². The predicted molar refractivity (Wildman–Crippen MR) is 91.8 cm³/mol. The second-order valence-electron chi connectivity index (χ2n) is 5.12. The van der Waals surface area contributed by atoms with Crippen LogP contribution in [0.5, 0.6) is 0 Å². The lowest BCUT2D eigenvalue weighted by molar-refractivity contribution is 0.0953. The first-order valence-electron chi connectivity index (χ1n) is 7.51. The summed E-state index contributed by atoms with van der Waals surface area (Å²) in [5.41, 5.74) is 1.42. The molecule has 0 aliphatic rings. The Morgan fingerprint density at radius 3 is 2.57 bits per heavy atom. The topological polar surface area (TPSA) is 74.2 Å². The van der Waals surface area contributed by atoms with E-state index < -0.39 is 0 Å². The number of amides is 1. The van der Waals surface area contributed by atoms with Gasteiger partial charge in [-0.2, -0.15) is 0 Å². The van der Waals surface area contributed by atoms with Gasteiger partial charge in [-0.15, -0.1) is 0 Å². The van der Waals surface area contributed by atoms with Crippen LogP contribution < -0.4 is 10.6 Å². The molecule has 1 amide bonds. The fourth-order valence-electron chi connectivity index (χ4n) is 2.06. The molecule has 0 bridgehead atoms. The number of rotatable bonds is 7. The average molecular weight is 334 g/mol. The summed E-state index contributed by atoms with van der Waals surface area (Å²) in [6, 6.07) is 10.4. The third kappa shape index (κ3) is 4.94. The molecule has 5 nitrogen and oxygen atoms in total. The first kappa shape index (κ1) is 17.2. The Morgan fingerprint density at radius 2 is 2.00 bits per heavy atom.